The Balaban J connectivity index is 2.38. The molecule has 0 aliphatic rings. The zero-order valence-corrected chi connectivity index (χ0v) is 19.6. The SMILES string of the molecule is C=CC(O)CC(O)C(C(=O)O)c1c(-c2ccc(F)cc2)cc(-c2ccccc2)nc1C(C)(C)C. The number of benzene rings is 2. The fourth-order valence-electron chi connectivity index (χ4n) is 4.03. The van der Waals surface area contributed by atoms with Gasteiger partial charge in [-0.2, -0.15) is 0 Å². The lowest BCUT2D eigenvalue weighted by atomic mass is 9.77. The molecule has 34 heavy (non-hydrogen) atoms. The average molecular weight is 464 g/mol. The van der Waals surface area contributed by atoms with Crippen molar-refractivity contribution in [1.82, 2.24) is 4.98 Å². The van der Waals surface area contributed by atoms with Crippen LogP contribution in [0.3, 0.4) is 0 Å². The van der Waals surface area contributed by atoms with Gasteiger partial charge in [-0.25, -0.2) is 4.39 Å². The Hall–Kier alpha value is -3.35. The zero-order valence-electron chi connectivity index (χ0n) is 19.6. The molecule has 0 spiro atoms. The van der Waals surface area contributed by atoms with Gasteiger partial charge in [0.25, 0.3) is 0 Å². The van der Waals surface area contributed by atoms with Crippen LogP contribution >= 0.6 is 0 Å². The molecule has 0 saturated carbocycles. The van der Waals surface area contributed by atoms with E-state index in [9.17, 15) is 24.5 Å². The summed E-state index contributed by atoms with van der Waals surface area (Å²) in [7, 11) is 0. The molecule has 3 aromatic rings. The molecule has 0 bridgehead atoms. The van der Waals surface area contributed by atoms with Gasteiger partial charge in [0.1, 0.15) is 11.7 Å². The van der Waals surface area contributed by atoms with Gasteiger partial charge in [-0.05, 0) is 34.9 Å². The van der Waals surface area contributed by atoms with Crippen LogP contribution in [0.4, 0.5) is 4.39 Å². The number of aliphatic carboxylic acids is 1. The van der Waals surface area contributed by atoms with Gasteiger partial charge in [0.2, 0.25) is 0 Å². The second-order valence-corrected chi connectivity index (χ2v) is 9.36. The smallest absolute Gasteiger partial charge is 0.313 e. The number of rotatable bonds is 8. The second-order valence-electron chi connectivity index (χ2n) is 9.36. The summed E-state index contributed by atoms with van der Waals surface area (Å²) >= 11 is 0. The summed E-state index contributed by atoms with van der Waals surface area (Å²) < 4.78 is 13.7. The average Bonchev–Trinajstić information content (AvgIpc) is 2.79. The monoisotopic (exact) mass is 463 g/mol. The summed E-state index contributed by atoms with van der Waals surface area (Å²) in [5.74, 6) is -3.03. The topological polar surface area (TPSA) is 90.7 Å². The van der Waals surface area contributed by atoms with E-state index in [1.165, 1.54) is 18.2 Å². The Morgan fingerprint density at radius 1 is 1.06 bits per heavy atom. The molecule has 3 atom stereocenters. The molecule has 2 aromatic carbocycles. The third-order valence-corrected chi connectivity index (χ3v) is 5.71. The Labute approximate surface area is 199 Å². The van der Waals surface area contributed by atoms with Crippen molar-refractivity contribution in [2.24, 2.45) is 0 Å². The van der Waals surface area contributed by atoms with Crippen LogP contribution < -0.4 is 0 Å². The highest BCUT2D eigenvalue weighted by molar-refractivity contribution is 5.84. The van der Waals surface area contributed by atoms with E-state index in [4.69, 9.17) is 4.98 Å². The maximum atomic E-state index is 13.7. The van der Waals surface area contributed by atoms with Crippen molar-refractivity contribution in [2.75, 3.05) is 0 Å². The van der Waals surface area contributed by atoms with Gasteiger partial charge in [0.05, 0.1) is 23.6 Å². The first-order chi connectivity index (χ1) is 16.0. The highest BCUT2D eigenvalue weighted by Gasteiger charge is 2.37. The standard InChI is InChI=1S/C28H30FNO4/c1-5-20(31)15-23(32)25(27(33)34)24-21(17-11-13-19(29)14-12-17)16-22(18-9-7-6-8-10-18)30-26(24)28(2,3)4/h5-14,16,20,23,25,31-32H,1,15H2,2-4H3,(H,33,34). The maximum absolute atomic E-state index is 13.7. The molecule has 0 aliphatic carbocycles. The molecule has 3 rings (SSSR count). The van der Waals surface area contributed by atoms with Gasteiger partial charge in [-0.15, -0.1) is 6.58 Å². The van der Waals surface area contributed by atoms with E-state index in [0.29, 0.717) is 28.1 Å². The Morgan fingerprint density at radius 3 is 2.21 bits per heavy atom. The van der Waals surface area contributed by atoms with Crippen molar-refractivity contribution in [3.8, 4) is 22.4 Å². The van der Waals surface area contributed by atoms with Gasteiger partial charge in [-0.3, -0.25) is 9.78 Å². The molecule has 0 radical (unpaired) electrons. The van der Waals surface area contributed by atoms with Gasteiger partial charge in [0.15, 0.2) is 0 Å². The lowest BCUT2D eigenvalue weighted by Gasteiger charge is -2.30. The Morgan fingerprint density at radius 2 is 1.68 bits per heavy atom. The third kappa shape index (κ3) is 5.58. The normalized spacial score (nSPS) is 14.3. The number of aliphatic hydroxyl groups excluding tert-OH is 2. The second kappa shape index (κ2) is 10.3. The summed E-state index contributed by atoms with van der Waals surface area (Å²) in [6.45, 7) is 9.28. The van der Waals surface area contributed by atoms with E-state index in [1.54, 1.807) is 18.2 Å². The first kappa shape index (κ1) is 25.3. The molecule has 5 nitrogen and oxygen atoms in total. The molecule has 1 aromatic heterocycles. The molecule has 6 heteroatoms. The summed E-state index contributed by atoms with van der Waals surface area (Å²) in [6, 6.07) is 17.1. The number of carboxylic acid groups (broad SMARTS) is 1. The largest absolute Gasteiger partial charge is 0.481 e. The number of aliphatic hydroxyl groups is 2. The molecule has 3 N–H and O–H groups in total. The molecule has 178 valence electrons. The van der Waals surface area contributed by atoms with Crippen LogP contribution in [0.25, 0.3) is 22.4 Å². The molecule has 0 fully saturated rings. The summed E-state index contributed by atoms with van der Waals surface area (Å²) in [5.41, 5.74) is 2.89. The lowest BCUT2D eigenvalue weighted by molar-refractivity contribution is -0.142. The van der Waals surface area contributed by atoms with E-state index in [0.717, 1.165) is 5.56 Å². The highest BCUT2D eigenvalue weighted by atomic mass is 19.1. The number of carbonyl (C=O) groups is 1. The van der Waals surface area contributed by atoms with Crippen LogP contribution in [0.1, 0.15) is 44.4 Å². The van der Waals surface area contributed by atoms with E-state index in [2.05, 4.69) is 6.58 Å². The van der Waals surface area contributed by atoms with E-state index < -0.39 is 35.3 Å². The van der Waals surface area contributed by atoms with Crippen molar-refractivity contribution in [2.45, 2.75) is 50.7 Å². The number of halogens is 1. The highest BCUT2D eigenvalue weighted by Crippen LogP contribution is 2.41. The fourth-order valence-corrected chi connectivity index (χ4v) is 4.03. The van der Waals surface area contributed by atoms with Crippen LogP contribution in [0, 0.1) is 5.82 Å². The predicted molar refractivity (Wildman–Crippen MR) is 131 cm³/mol. The number of aromatic nitrogens is 1. The number of hydrogen-bond acceptors (Lipinski definition) is 4. The van der Waals surface area contributed by atoms with Crippen molar-refractivity contribution in [1.29, 1.82) is 0 Å². The van der Waals surface area contributed by atoms with Crippen LogP contribution in [0.2, 0.25) is 0 Å². The molecular weight excluding hydrogens is 433 g/mol. The van der Waals surface area contributed by atoms with E-state index in [1.807, 2.05) is 51.1 Å². The van der Waals surface area contributed by atoms with Gasteiger partial charge in [-0.1, -0.05) is 69.3 Å². The van der Waals surface area contributed by atoms with Crippen LogP contribution in [0.15, 0.2) is 73.3 Å². The summed E-state index contributed by atoms with van der Waals surface area (Å²) in [5, 5.41) is 31.2. The van der Waals surface area contributed by atoms with Crippen molar-refractivity contribution in [3.63, 3.8) is 0 Å². The van der Waals surface area contributed by atoms with Crippen LogP contribution in [0.5, 0.6) is 0 Å². The molecular formula is C28H30FNO4. The molecule has 1 heterocycles. The number of carboxylic acids is 1. The van der Waals surface area contributed by atoms with Gasteiger partial charge >= 0.3 is 5.97 Å². The minimum atomic E-state index is -1.41. The molecule has 3 unspecified atom stereocenters. The molecule has 0 aliphatic heterocycles. The third-order valence-electron chi connectivity index (χ3n) is 5.71. The Bertz CT molecular complexity index is 1150. The predicted octanol–water partition coefficient (Wildman–Crippen LogP) is 5.32. The van der Waals surface area contributed by atoms with Gasteiger partial charge in [0, 0.05) is 17.4 Å². The lowest BCUT2D eigenvalue weighted by Crippen LogP contribution is -2.32. The zero-order chi connectivity index (χ0) is 25.0. The summed E-state index contributed by atoms with van der Waals surface area (Å²) in [4.78, 5) is 17.4. The first-order valence-electron chi connectivity index (χ1n) is 11.1. The van der Waals surface area contributed by atoms with E-state index >= 15 is 0 Å². The minimum Gasteiger partial charge on any atom is -0.481 e. The maximum Gasteiger partial charge on any atom is 0.313 e. The molecule has 0 amide bonds. The number of hydrogen-bond donors (Lipinski definition) is 3. The van der Waals surface area contributed by atoms with Crippen molar-refractivity contribution >= 4 is 5.97 Å². The Kier molecular flexibility index (Phi) is 7.64. The van der Waals surface area contributed by atoms with Crippen molar-refractivity contribution in [3.05, 3.63) is 90.4 Å². The van der Waals surface area contributed by atoms with Crippen molar-refractivity contribution < 1.29 is 24.5 Å². The summed E-state index contributed by atoms with van der Waals surface area (Å²) in [6.07, 6.45) is -1.42. The van der Waals surface area contributed by atoms with Crippen LogP contribution in [-0.2, 0) is 10.2 Å². The quantitative estimate of drug-likeness (QED) is 0.394. The number of pyridine rings is 1. The first-order valence-corrected chi connectivity index (χ1v) is 11.1. The molecule has 0 saturated heterocycles. The van der Waals surface area contributed by atoms with E-state index in [-0.39, 0.29) is 6.42 Å². The minimum absolute atomic E-state index is 0.201. The fraction of sp³-hybridized carbons (Fsp3) is 0.286. The van der Waals surface area contributed by atoms with Crippen LogP contribution in [-0.4, -0.2) is 38.5 Å². The number of nitrogens with zero attached hydrogens (tertiary/aromatic N) is 1. The van der Waals surface area contributed by atoms with Gasteiger partial charge < -0.3 is 15.3 Å².